The molecule has 2 N–H and O–H groups in total. The maximum absolute atomic E-state index is 8.22. The van der Waals surface area contributed by atoms with Crippen LogP contribution in [0.2, 0.25) is 0 Å². The molecule has 4 heteroatoms. The second-order valence-electron chi connectivity index (χ2n) is 1.27. The smallest absolute Gasteiger partial charge is 0.392 e. The van der Waals surface area contributed by atoms with E-state index >= 15 is 0 Å². The van der Waals surface area contributed by atoms with Gasteiger partial charge in [0.1, 0.15) is 0 Å². The van der Waals surface area contributed by atoms with Gasteiger partial charge in [-0.25, -0.2) is 0 Å². The van der Waals surface area contributed by atoms with Crippen molar-refractivity contribution in [2.75, 3.05) is 6.61 Å². The lowest BCUT2D eigenvalue weighted by molar-refractivity contribution is 0.189. The van der Waals surface area contributed by atoms with Crippen LogP contribution in [0.25, 0.3) is 0 Å². The molecule has 0 unspecified atom stereocenters. The third-order valence-corrected chi connectivity index (χ3v) is 1.12. The van der Waals surface area contributed by atoms with E-state index in [1.54, 1.807) is 6.08 Å². The zero-order chi connectivity index (χ0) is 6.41. The van der Waals surface area contributed by atoms with Gasteiger partial charge in [0.25, 0.3) is 0 Å². The number of rotatable bonds is 4. The molecule has 0 bridgehead atoms. The van der Waals surface area contributed by atoms with Gasteiger partial charge >= 0.3 is 9.53 Å². The van der Waals surface area contributed by atoms with Gasteiger partial charge in [0.2, 0.25) is 0 Å². The van der Waals surface area contributed by atoms with Gasteiger partial charge in [0.15, 0.2) is 0 Å². The molecule has 0 amide bonds. The van der Waals surface area contributed by atoms with E-state index in [0.717, 1.165) is 0 Å². The van der Waals surface area contributed by atoms with Gasteiger partial charge in [-0.3, -0.25) is 0 Å². The molecule has 0 radical (unpaired) electrons. The molecule has 0 aliphatic carbocycles. The molecule has 0 spiro atoms. The summed E-state index contributed by atoms with van der Waals surface area (Å²) in [6, 6.07) is 0. The highest BCUT2D eigenvalue weighted by molar-refractivity contribution is 6.32. The SMILES string of the molecule is C=CCCO[SiH](O)O. The Labute approximate surface area is 50.2 Å². The Hall–Kier alpha value is -0.163. The van der Waals surface area contributed by atoms with Gasteiger partial charge in [-0.15, -0.1) is 6.58 Å². The molecule has 0 aromatic heterocycles. The fourth-order valence-corrected chi connectivity index (χ4v) is 0.604. The lowest BCUT2D eigenvalue weighted by Gasteiger charge is -1.98. The van der Waals surface area contributed by atoms with Gasteiger partial charge in [0.05, 0.1) is 0 Å². The molecule has 0 saturated heterocycles. The highest BCUT2D eigenvalue weighted by Gasteiger charge is 1.98. The highest BCUT2D eigenvalue weighted by Crippen LogP contribution is 1.81. The van der Waals surface area contributed by atoms with Crippen molar-refractivity contribution in [2.24, 2.45) is 0 Å². The molecular formula is C4H10O3Si. The quantitative estimate of drug-likeness (QED) is 0.303. The molecule has 0 aliphatic rings. The van der Waals surface area contributed by atoms with Crippen LogP contribution < -0.4 is 0 Å². The normalized spacial score (nSPS) is 9.88. The fraction of sp³-hybridized carbons (Fsp3) is 0.500. The van der Waals surface area contributed by atoms with Crippen LogP contribution in [0, 0.1) is 0 Å². The first-order valence-electron chi connectivity index (χ1n) is 2.36. The van der Waals surface area contributed by atoms with Crippen LogP contribution >= 0.6 is 0 Å². The van der Waals surface area contributed by atoms with Crippen LogP contribution in [0.15, 0.2) is 12.7 Å². The summed E-state index contributed by atoms with van der Waals surface area (Å²) >= 11 is 0. The van der Waals surface area contributed by atoms with Crippen LogP contribution in [-0.4, -0.2) is 25.7 Å². The van der Waals surface area contributed by atoms with E-state index in [4.69, 9.17) is 9.59 Å². The molecular weight excluding hydrogens is 124 g/mol. The minimum atomic E-state index is -2.75. The van der Waals surface area contributed by atoms with E-state index in [1.165, 1.54) is 0 Å². The molecule has 0 aliphatic heterocycles. The van der Waals surface area contributed by atoms with Gasteiger partial charge in [-0.1, -0.05) is 6.08 Å². The van der Waals surface area contributed by atoms with E-state index in [0.29, 0.717) is 13.0 Å². The monoisotopic (exact) mass is 134 g/mol. The van der Waals surface area contributed by atoms with Crippen molar-refractivity contribution in [3.05, 3.63) is 12.7 Å². The fourth-order valence-electron chi connectivity index (χ4n) is 0.257. The summed E-state index contributed by atoms with van der Waals surface area (Å²) in [7, 11) is -2.75. The Kier molecular flexibility index (Phi) is 4.88. The molecule has 3 nitrogen and oxygen atoms in total. The lowest BCUT2D eigenvalue weighted by Crippen LogP contribution is -2.16. The van der Waals surface area contributed by atoms with Crippen molar-refractivity contribution < 1.29 is 14.0 Å². The lowest BCUT2D eigenvalue weighted by atomic mass is 10.5. The number of hydrogen-bond donors (Lipinski definition) is 2. The molecule has 0 atom stereocenters. The standard InChI is InChI=1S/C4H10O3Si/c1-2-3-4-7-8(5)6/h2,5-6,8H,1,3-4H2. The highest BCUT2D eigenvalue weighted by atomic mass is 28.3. The summed E-state index contributed by atoms with van der Waals surface area (Å²) in [6.07, 6.45) is 2.33. The van der Waals surface area contributed by atoms with E-state index in [2.05, 4.69) is 11.0 Å². The third kappa shape index (κ3) is 5.84. The van der Waals surface area contributed by atoms with Crippen LogP contribution in [-0.2, 0) is 4.43 Å². The van der Waals surface area contributed by atoms with Crippen LogP contribution in [0.4, 0.5) is 0 Å². The Balaban J connectivity index is 2.81. The summed E-state index contributed by atoms with van der Waals surface area (Å²) < 4.78 is 4.46. The molecule has 0 fully saturated rings. The Morgan fingerprint density at radius 3 is 2.62 bits per heavy atom. The first kappa shape index (κ1) is 7.84. The molecule has 0 aromatic rings. The van der Waals surface area contributed by atoms with Gasteiger partial charge in [0, 0.05) is 6.61 Å². The van der Waals surface area contributed by atoms with Crippen molar-refractivity contribution >= 4 is 9.53 Å². The van der Waals surface area contributed by atoms with Gasteiger partial charge < -0.3 is 14.0 Å². The molecule has 0 aromatic carbocycles. The second-order valence-corrected chi connectivity index (χ2v) is 2.26. The molecule has 0 rings (SSSR count). The largest absolute Gasteiger partial charge is 0.478 e. The first-order valence-corrected chi connectivity index (χ1v) is 3.86. The maximum atomic E-state index is 8.22. The summed E-state index contributed by atoms with van der Waals surface area (Å²) in [5.41, 5.74) is 0. The van der Waals surface area contributed by atoms with Crippen LogP contribution in [0.5, 0.6) is 0 Å². The molecule has 8 heavy (non-hydrogen) atoms. The topological polar surface area (TPSA) is 49.7 Å². The minimum Gasteiger partial charge on any atom is -0.392 e. The zero-order valence-corrected chi connectivity index (χ0v) is 5.73. The summed E-state index contributed by atoms with van der Waals surface area (Å²) in [5, 5.41) is 0. The molecule has 48 valence electrons. The Morgan fingerprint density at radius 2 is 2.25 bits per heavy atom. The summed E-state index contributed by atoms with van der Waals surface area (Å²) in [6.45, 7) is 3.80. The van der Waals surface area contributed by atoms with Crippen molar-refractivity contribution in [2.45, 2.75) is 6.42 Å². The predicted molar refractivity (Wildman–Crippen MR) is 32.4 cm³/mol. The van der Waals surface area contributed by atoms with E-state index in [1.807, 2.05) is 0 Å². The summed E-state index contributed by atoms with van der Waals surface area (Å²) in [4.78, 5) is 16.4. The second kappa shape index (κ2) is 4.98. The van der Waals surface area contributed by atoms with Crippen molar-refractivity contribution in [3.8, 4) is 0 Å². The van der Waals surface area contributed by atoms with Gasteiger partial charge in [-0.05, 0) is 6.42 Å². The van der Waals surface area contributed by atoms with Crippen molar-refractivity contribution in [1.29, 1.82) is 0 Å². The Morgan fingerprint density at radius 1 is 1.62 bits per heavy atom. The predicted octanol–water partition coefficient (Wildman–Crippen LogP) is -0.719. The molecule has 0 saturated carbocycles. The van der Waals surface area contributed by atoms with E-state index in [-0.39, 0.29) is 0 Å². The number of hydrogen-bond acceptors (Lipinski definition) is 3. The van der Waals surface area contributed by atoms with Crippen LogP contribution in [0.3, 0.4) is 0 Å². The average molecular weight is 134 g/mol. The van der Waals surface area contributed by atoms with E-state index < -0.39 is 9.53 Å². The van der Waals surface area contributed by atoms with E-state index in [9.17, 15) is 0 Å². The first-order chi connectivity index (χ1) is 3.77. The maximum Gasteiger partial charge on any atom is 0.478 e. The Bertz CT molecular complexity index is 64.3. The third-order valence-electron chi connectivity index (χ3n) is 0.589. The van der Waals surface area contributed by atoms with Crippen molar-refractivity contribution in [1.82, 2.24) is 0 Å². The van der Waals surface area contributed by atoms with Crippen molar-refractivity contribution in [3.63, 3.8) is 0 Å². The minimum absolute atomic E-state index is 0.368. The van der Waals surface area contributed by atoms with Crippen LogP contribution in [0.1, 0.15) is 6.42 Å². The van der Waals surface area contributed by atoms with Gasteiger partial charge in [-0.2, -0.15) is 0 Å². The summed E-state index contributed by atoms with van der Waals surface area (Å²) in [5.74, 6) is 0. The average Bonchev–Trinajstić information content (AvgIpc) is 1.66. The zero-order valence-electron chi connectivity index (χ0n) is 4.58. The molecule has 0 heterocycles.